The molecule has 6 nitrogen and oxygen atoms in total. The van der Waals surface area contributed by atoms with Crippen LogP contribution in [0, 0.1) is 0 Å². The van der Waals surface area contributed by atoms with Crippen molar-refractivity contribution in [2.45, 2.75) is 26.9 Å². The quantitative estimate of drug-likeness (QED) is 0.500. The molecule has 0 aromatic heterocycles. The summed E-state index contributed by atoms with van der Waals surface area (Å²) in [5.74, 6) is 1.15. The van der Waals surface area contributed by atoms with Gasteiger partial charge in [0.15, 0.2) is 5.96 Å². The molecular weight excluding hydrogens is 364 g/mol. The molecule has 27 heavy (non-hydrogen) atoms. The van der Waals surface area contributed by atoms with Gasteiger partial charge in [0.2, 0.25) is 5.91 Å². The molecule has 2 rings (SSSR count). The number of halogens is 1. The second kappa shape index (κ2) is 10.4. The van der Waals surface area contributed by atoms with Gasteiger partial charge in [-0.1, -0.05) is 35.9 Å². The number of benzene rings is 2. The van der Waals surface area contributed by atoms with E-state index in [4.69, 9.17) is 16.3 Å². The Kier molecular flexibility index (Phi) is 7.95. The predicted octanol–water partition coefficient (Wildman–Crippen LogP) is 3.56. The van der Waals surface area contributed by atoms with E-state index < -0.39 is 0 Å². The summed E-state index contributed by atoms with van der Waals surface area (Å²) < 4.78 is 5.28. The largest absolute Gasteiger partial charge is 0.495 e. The summed E-state index contributed by atoms with van der Waals surface area (Å²) in [5.41, 5.74) is 2.59. The van der Waals surface area contributed by atoms with Gasteiger partial charge in [0, 0.05) is 25.0 Å². The molecule has 0 atom stereocenters. The zero-order valence-electron chi connectivity index (χ0n) is 15.8. The number of guanidine groups is 1. The van der Waals surface area contributed by atoms with Gasteiger partial charge in [-0.05, 0) is 36.2 Å². The van der Waals surface area contributed by atoms with Gasteiger partial charge >= 0.3 is 0 Å². The first-order chi connectivity index (χ1) is 13.0. The van der Waals surface area contributed by atoms with Crippen LogP contribution in [0.15, 0.2) is 47.5 Å². The van der Waals surface area contributed by atoms with Gasteiger partial charge in [-0.15, -0.1) is 0 Å². The van der Waals surface area contributed by atoms with Gasteiger partial charge in [0.25, 0.3) is 0 Å². The van der Waals surface area contributed by atoms with Crippen molar-refractivity contribution in [1.29, 1.82) is 0 Å². The van der Waals surface area contributed by atoms with Crippen molar-refractivity contribution < 1.29 is 9.53 Å². The van der Waals surface area contributed by atoms with Crippen LogP contribution in [0.5, 0.6) is 5.75 Å². The Balaban J connectivity index is 2.09. The van der Waals surface area contributed by atoms with Crippen molar-refractivity contribution in [1.82, 2.24) is 10.6 Å². The third kappa shape index (κ3) is 6.49. The summed E-state index contributed by atoms with van der Waals surface area (Å²) in [4.78, 5) is 16.0. The van der Waals surface area contributed by atoms with Gasteiger partial charge in [-0.25, -0.2) is 4.99 Å². The maximum Gasteiger partial charge on any atom is 0.221 e. The van der Waals surface area contributed by atoms with Crippen molar-refractivity contribution in [3.05, 3.63) is 58.6 Å². The number of hydrogen-bond donors (Lipinski definition) is 3. The maximum atomic E-state index is 11.4. The highest BCUT2D eigenvalue weighted by molar-refractivity contribution is 6.31. The van der Waals surface area contributed by atoms with E-state index >= 15 is 0 Å². The average Bonchev–Trinajstić information content (AvgIpc) is 2.65. The molecule has 0 aliphatic heterocycles. The lowest BCUT2D eigenvalue weighted by Gasteiger charge is -2.13. The number of hydrogen-bond acceptors (Lipinski definition) is 3. The molecule has 7 heteroatoms. The fourth-order valence-corrected chi connectivity index (χ4v) is 2.68. The molecular formula is C20H25ClN4O2. The first-order valence-corrected chi connectivity index (χ1v) is 9.11. The van der Waals surface area contributed by atoms with E-state index in [0.717, 1.165) is 22.7 Å². The van der Waals surface area contributed by atoms with Gasteiger partial charge < -0.3 is 20.7 Å². The van der Waals surface area contributed by atoms with E-state index in [-0.39, 0.29) is 5.91 Å². The minimum absolute atomic E-state index is 0.149. The van der Waals surface area contributed by atoms with Gasteiger partial charge in [-0.3, -0.25) is 4.79 Å². The normalized spacial score (nSPS) is 11.0. The highest BCUT2D eigenvalue weighted by atomic mass is 35.5. The minimum atomic E-state index is -0.149. The van der Waals surface area contributed by atoms with Crippen molar-refractivity contribution in [3.63, 3.8) is 0 Å². The van der Waals surface area contributed by atoms with E-state index in [1.165, 1.54) is 6.92 Å². The molecule has 0 aliphatic rings. The smallest absolute Gasteiger partial charge is 0.221 e. The van der Waals surface area contributed by atoms with Crippen molar-refractivity contribution in [2.24, 2.45) is 4.99 Å². The number of ether oxygens (including phenoxy) is 1. The minimum Gasteiger partial charge on any atom is -0.495 e. The number of nitrogens with one attached hydrogen (secondary N) is 3. The lowest BCUT2D eigenvalue weighted by molar-refractivity contribution is -0.114. The SMILES string of the molecule is CCNC(=NCc1ccc(OC)c(NC(C)=O)c1)NCc1ccccc1Cl. The van der Waals surface area contributed by atoms with Crippen LogP contribution in [-0.2, 0) is 17.9 Å². The average molecular weight is 389 g/mol. The summed E-state index contributed by atoms with van der Waals surface area (Å²) in [6.07, 6.45) is 0. The molecule has 0 saturated carbocycles. The summed E-state index contributed by atoms with van der Waals surface area (Å²) in [6.45, 7) is 5.24. The summed E-state index contributed by atoms with van der Waals surface area (Å²) in [5, 5.41) is 9.98. The molecule has 144 valence electrons. The van der Waals surface area contributed by atoms with Crippen molar-refractivity contribution in [2.75, 3.05) is 19.0 Å². The Morgan fingerprint density at radius 3 is 2.63 bits per heavy atom. The van der Waals surface area contributed by atoms with E-state index in [2.05, 4.69) is 20.9 Å². The van der Waals surface area contributed by atoms with Gasteiger partial charge in [-0.2, -0.15) is 0 Å². The Bertz CT molecular complexity index is 808. The molecule has 3 N–H and O–H groups in total. The fourth-order valence-electron chi connectivity index (χ4n) is 2.47. The van der Waals surface area contributed by atoms with Crippen LogP contribution in [-0.4, -0.2) is 25.5 Å². The van der Waals surface area contributed by atoms with Gasteiger partial charge in [0.05, 0.1) is 19.3 Å². The standard InChI is InChI=1S/C20H25ClN4O2/c1-4-22-20(24-13-16-7-5-6-8-17(16)21)23-12-15-9-10-19(27-3)18(11-15)25-14(2)26/h5-11H,4,12-13H2,1-3H3,(H,25,26)(H2,22,23,24). The van der Waals surface area contributed by atoms with E-state index in [1.807, 2.05) is 49.4 Å². The molecule has 0 bridgehead atoms. The van der Waals surface area contributed by atoms with Crippen LogP contribution in [0.3, 0.4) is 0 Å². The van der Waals surface area contributed by atoms with Crippen molar-refractivity contribution >= 4 is 29.2 Å². The van der Waals surface area contributed by atoms with Crippen LogP contribution in [0.25, 0.3) is 0 Å². The Labute approximate surface area is 165 Å². The number of carbonyl (C=O) groups is 1. The molecule has 0 saturated heterocycles. The number of methoxy groups -OCH3 is 1. The van der Waals surface area contributed by atoms with Gasteiger partial charge in [0.1, 0.15) is 5.75 Å². The van der Waals surface area contributed by atoms with Crippen LogP contribution >= 0.6 is 11.6 Å². The molecule has 2 aromatic rings. The number of carbonyl (C=O) groups excluding carboxylic acids is 1. The fraction of sp³-hybridized carbons (Fsp3) is 0.300. The number of aliphatic imine (C=N–C) groups is 1. The predicted molar refractivity (Wildman–Crippen MR) is 110 cm³/mol. The van der Waals surface area contributed by atoms with E-state index in [1.54, 1.807) is 7.11 Å². The molecule has 1 amide bonds. The molecule has 0 fully saturated rings. The monoisotopic (exact) mass is 388 g/mol. The Morgan fingerprint density at radius 1 is 1.19 bits per heavy atom. The molecule has 0 heterocycles. The van der Waals surface area contributed by atoms with E-state index in [9.17, 15) is 4.79 Å². The lowest BCUT2D eigenvalue weighted by Crippen LogP contribution is -2.36. The molecule has 0 unspecified atom stereocenters. The molecule has 0 spiro atoms. The van der Waals surface area contributed by atoms with Crippen molar-refractivity contribution in [3.8, 4) is 5.75 Å². The Hall–Kier alpha value is -2.73. The van der Waals surface area contributed by atoms with Crippen LogP contribution in [0.4, 0.5) is 5.69 Å². The maximum absolute atomic E-state index is 11.4. The third-order valence-electron chi connectivity index (χ3n) is 3.74. The molecule has 0 radical (unpaired) electrons. The summed E-state index contributed by atoms with van der Waals surface area (Å²) in [6, 6.07) is 13.3. The second-order valence-corrected chi connectivity index (χ2v) is 6.26. The zero-order chi connectivity index (χ0) is 19.6. The lowest BCUT2D eigenvalue weighted by atomic mass is 10.2. The van der Waals surface area contributed by atoms with Crippen LogP contribution in [0.1, 0.15) is 25.0 Å². The van der Waals surface area contributed by atoms with Crippen LogP contribution < -0.4 is 20.7 Å². The highest BCUT2D eigenvalue weighted by Crippen LogP contribution is 2.25. The zero-order valence-corrected chi connectivity index (χ0v) is 16.6. The molecule has 0 aliphatic carbocycles. The summed E-state index contributed by atoms with van der Waals surface area (Å²) >= 11 is 6.20. The van der Waals surface area contributed by atoms with E-state index in [0.29, 0.717) is 30.5 Å². The third-order valence-corrected chi connectivity index (χ3v) is 4.11. The number of amides is 1. The first-order valence-electron chi connectivity index (χ1n) is 8.73. The number of nitrogens with zero attached hydrogens (tertiary/aromatic N) is 1. The topological polar surface area (TPSA) is 74.8 Å². The number of rotatable bonds is 7. The highest BCUT2D eigenvalue weighted by Gasteiger charge is 2.07. The first kappa shape index (κ1) is 20.6. The summed E-state index contributed by atoms with van der Waals surface area (Å²) in [7, 11) is 1.57. The number of anilines is 1. The molecule has 2 aromatic carbocycles. The Morgan fingerprint density at radius 2 is 1.96 bits per heavy atom. The van der Waals surface area contributed by atoms with Crippen LogP contribution in [0.2, 0.25) is 5.02 Å². The second-order valence-electron chi connectivity index (χ2n) is 5.86.